The van der Waals surface area contributed by atoms with E-state index in [2.05, 4.69) is 41.3 Å². The van der Waals surface area contributed by atoms with Gasteiger partial charge in [0, 0.05) is 38.8 Å². The van der Waals surface area contributed by atoms with Gasteiger partial charge in [0.25, 0.3) is 0 Å². The van der Waals surface area contributed by atoms with Crippen LogP contribution in [0.15, 0.2) is 18.2 Å². The normalized spacial score (nSPS) is 17.3. The zero-order valence-corrected chi connectivity index (χ0v) is 15.0. The second-order valence-electron chi connectivity index (χ2n) is 6.10. The molecule has 5 nitrogen and oxygen atoms in total. The van der Waals surface area contributed by atoms with Crippen molar-refractivity contribution in [2.24, 2.45) is 0 Å². The van der Waals surface area contributed by atoms with Crippen molar-refractivity contribution in [1.29, 1.82) is 0 Å². The molecule has 5 heteroatoms. The third kappa shape index (κ3) is 5.09. The van der Waals surface area contributed by atoms with Crippen molar-refractivity contribution in [3.8, 4) is 11.5 Å². The van der Waals surface area contributed by atoms with Crippen molar-refractivity contribution < 1.29 is 9.47 Å². The van der Waals surface area contributed by atoms with E-state index in [9.17, 15) is 0 Å². The number of nitrogens with zero attached hydrogens (tertiary/aromatic N) is 2. The van der Waals surface area contributed by atoms with E-state index in [1.165, 1.54) is 5.56 Å². The van der Waals surface area contributed by atoms with Crippen LogP contribution in [0.4, 0.5) is 0 Å². The topological polar surface area (TPSA) is 37.0 Å². The molecule has 0 aromatic heterocycles. The van der Waals surface area contributed by atoms with Gasteiger partial charge in [-0.3, -0.25) is 4.90 Å². The fraction of sp³-hybridized carbons (Fsp3) is 0.667. The lowest BCUT2D eigenvalue weighted by molar-refractivity contribution is 0.168. The molecule has 1 fully saturated rings. The molecule has 130 valence electrons. The summed E-state index contributed by atoms with van der Waals surface area (Å²) in [4.78, 5) is 4.81. The van der Waals surface area contributed by atoms with Crippen LogP contribution in [0.3, 0.4) is 0 Å². The summed E-state index contributed by atoms with van der Waals surface area (Å²) >= 11 is 0. The van der Waals surface area contributed by atoms with Crippen LogP contribution in [0, 0.1) is 0 Å². The summed E-state index contributed by atoms with van der Waals surface area (Å²) in [7, 11) is 4.29. The van der Waals surface area contributed by atoms with Crippen molar-refractivity contribution in [2.45, 2.75) is 19.9 Å². The van der Waals surface area contributed by atoms with E-state index >= 15 is 0 Å². The standard InChI is InChI=1S/C18H31N3O2/c1-5-22-17-8-7-15(13-18(17)23-6-2)16(20(3)4)14-21-11-9-19-10-12-21/h7-8,13,16,19H,5-6,9-12,14H2,1-4H3. The molecule has 0 amide bonds. The summed E-state index contributed by atoms with van der Waals surface area (Å²) in [5.41, 5.74) is 1.28. The Morgan fingerprint density at radius 1 is 1.09 bits per heavy atom. The summed E-state index contributed by atoms with van der Waals surface area (Å²) in [6.07, 6.45) is 0. The molecule has 1 N–H and O–H groups in total. The predicted molar refractivity (Wildman–Crippen MR) is 94.5 cm³/mol. The minimum absolute atomic E-state index is 0.350. The molecule has 0 bridgehead atoms. The molecule has 1 atom stereocenters. The first-order valence-electron chi connectivity index (χ1n) is 8.64. The van der Waals surface area contributed by atoms with E-state index in [0.717, 1.165) is 44.2 Å². The Morgan fingerprint density at radius 2 is 1.74 bits per heavy atom. The number of rotatable bonds is 8. The fourth-order valence-corrected chi connectivity index (χ4v) is 2.98. The van der Waals surface area contributed by atoms with Crippen LogP contribution in [-0.2, 0) is 0 Å². The van der Waals surface area contributed by atoms with Gasteiger partial charge < -0.3 is 19.7 Å². The molecule has 23 heavy (non-hydrogen) atoms. The number of likely N-dealkylation sites (N-methyl/N-ethyl adjacent to an activating group) is 1. The zero-order chi connectivity index (χ0) is 16.7. The van der Waals surface area contributed by atoms with Gasteiger partial charge in [0.1, 0.15) is 0 Å². The summed E-state index contributed by atoms with van der Waals surface area (Å²) in [6.45, 7) is 10.7. The van der Waals surface area contributed by atoms with E-state index in [1.54, 1.807) is 0 Å². The number of benzene rings is 1. The van der Waals surface area contributed by atoms with E-state index in [-0.39, 0.29) is 0 Å². The molecule has 0 radical (unpaired) electrons. The molecule has 1 unspecified atom stereocenters. The average molecular weight is 321 g/mol. The van der Waals surface area contributed by atoms with E-state index in [0.29, 0.717) is 19.3 Å². The SMILES string of the molecule is CCOc1ccc(C(CN2CCNCC2)N(C)C)cc1OCC. The van der Waals surface area contributed by atoms with Crippen LogP contribution in [0.1, 0.15) is 25.5 Å². The first-order valence-corrected chi connectivity index (χ1v) is 8.64. The summed E-state index contributed by atoms with van der Waals surface area (Å²) in [5, 5.41) is 3.41. The predicted octanol–water partition coefficient (Wildman–Crippen LogP) is 1.99. The molecule has 1 heterocycles. The zero-order valence-electron chi connectivity index (χ0n) is 15.0. The van der Waals surface area contributed by atoms with Crippen molar-refractivity contribution >= 4 is 0 Å². The molecular weight excluding hydrogens is 290 g/mol. The van der Waals surface area contributed by atoms with Crippen LogP contribution in [0.2, 0.25) is 0 Å². The van der Waals surface area contributed by atoms with E-state index in [4.69, 9.17) is 9.47 Å². The molecule has 1 aromatic carbocycles. The number of ether oxygens (including phenoxy) is 2. The maximum absolute atomic E-state index is 5.78. The van der Waals surface area contributed by atoms with Gasteiger partial charge in [-0.25, -0.2) is 0 Å². The minimum Gasteiger partial charge on any atom is -0.490 e. The lowest BCUT2D eigenvalue weighted by Gasteiger charge is -2.34. The van der Waals surface area contributed by atoms with Gasteiger partial charge >= 0.3 is 0 Å². The first kappa shape index (κ1) is 18.0. The highest BCUT2D eigenvalue weighted by molar-refractivity contribution is 5.44. The van der Waals surface area contributed by atoms with Gasteiger partial charge in [-0.05, 0) is 45.6 Å². The molecule has 0 spiro atoms. The van der Waals surface area contributed by atoms with Crippen molar-refractivity contribution in [2.75, 3.05) is 60.0 Å². The second kappa shape index (κ2) is 9.11. The molecule has 0 saturated carbocycles. The summed E-state index contributed by atoms with van der Waals surface area (Å²) in [6, 6.07) is 6.70. The largest absolute Gasteiger partial charge is 0.490 e. The third-order valence-electron chi connectivity index (χ3n) is 4.22. The highest BCUT2D eigenvalue weighted by Gasteiger charge is 2.21. The Kier molecular flexibility index (Phi) is 7.15. The van der Waals surface area contributed by atoms with Gasteiger partial charge in [-0.1, -0.05) is 6.07 Å². The van der Waals surface area contributed by atoms with Gasteiger partial charge in [0.2, 0.25) is 0 Å². The smallest absolute Gasteiger partial charge is 0.161 e. The molecular formula is C18H31N3O2. The van der Waals surface area contributed by atoms with E-state index < -0.39 is 0 Å². The summed E-state index contributed by atoms with van der Waals surface area (Å²) < 4.78 is 11.5. The van der Waals surface area contributed by atoms with Crippen LogP contribution in [0.25, 0.3) is 0 Å². The average Bonchev–Trinajstić information content (AvgIpc) is 2.55. The van der Waals surface area contributed by atoms with Gasteiger partial charge in [0.15, 0.2) is 11.5 Å². The van der Waals surface area contributed by atoms with Crippen LogP contribution < -0.4 is 14.8 Å². The Labute approximate surface area is 140 Å². The molecule has 1 saturated heterocycles. The number of hydrogen-bond donors (Lipinski definition) is 1. The van der Waals surface area contributed by atoms with E-state index in [1.807, 2.05) is 19.9 Å². The lowest BCUT2D eigenvalue weighted by atomic mass is 10.0. The number of nitrogens with one attached hydrogen (secondary N) is 1. The highest BCUT2D eigenvalue weighted by Crippen LogP contribution is 2.32. The Morgan fingerprint density at radius 3 is 2.35 bits per heavy atom. The highest BCUT2D eigenvalue weighted by atomic mass is 16.5. The Balaban J connectivity index is 2.18. The third-order valence-corrected chi connectivity index (χ3v) is 4.22. The van der Waals surface area contributed by atoms with Crippen molar-refractivity contribution in [3.63, 3.8) is 0 Å². The molecule has 2 rings (SSSR count). The Hall–Kier alpha value is -1.30. The van der Waals surface area contributed by atoms with Gasteiger partial charge in [-0.2, -0.15) is 0 Å². The van der Waals surface area contributed by atoms with Crippen LogP contribution >= 0.6 is 0 Å². The monoisotopic (exact) mass is 321 g/mol. The Bertz CT molecular complexity index is 473. The van der Waals surface area contributed by atoms with Crippen molar-refractivity contribution in [3.05, 3.63) is 23.8 Å². The maximum atomic E-state index is 5.78. The second-order valence-corrected chi connectivity index (χ2v) is 6.10. The van der Waals surface area contributed by atoms with Crippen LogP contribution in [-0.4, -0.2) is 69.8 Å². The van der Waals surface area contributed by atoms with Crippen LogP contribution in [0.5, 0.6) is 11.5 Å². The minimum atomic E-state index is 0.350. The quantitative estimate of drug-likeness (QED) is 0.792. The lowest BCUT2D eigenvalue weighted by Crippen LogP contribution is -2.46. The maximum Gasteiger partial charge on any atom is 0.161 e. The first-order chi connectivity index (χ1) is 11.2. The van der Waals surface area contributed by atoms with Crippen molar-refractivity contribution in [1.82, 2.24) is 15.1 Å². The molecule has 1 aromatic rings. The fourth-order valence-electron chi connectivity index (χ4n) is 2.98. The number of piperazine rings is 1. The molecule has 1 aliphatic heterocycles. The molecule has 1 aliphatic rings. The number of hydrogen-bond acceptors (Lipinski definition) is 5. The molecule has 0 aliphatic carbocycles. The van der Waals surface area contributed by atoms with Gasteiger partial charge in [0.05, 0.1) is 13.2 Å². The summed E-state index contributed by atoms with van der Waals surface area (Å²) in [5.74, 6) is 1.68. The van der Waals surface area contributed by atoms with Gasteiger partial charge in [-0.15, -0.1) is 0 Å².